The maximum atomic E-state index is 0. The SMILES string of the molecule is Cl.Cl.Cl.Cl.Cl.Cl.Cl.Cl.Cl.Cl.Cl.Cl.Cl.Cl.Cl.Cl.Cl.Cl.Cl.Cl.Cl.Cl.Cl.Cl.Cl.Cl.Cl.Cl.Cl.Cl.Cl.Cl.Cl.Cl.Cl.Cl.Cl.Cl.Cl.Cl.Cl.Cl.Cl.Cl.Cl.Cl.Cl.Cl.Cl.Cl.Cl.Cl.Cl.Cl.Cl.Cl.Cl.Cl.Cl.Cl.Cl.Cl.Cl.Cl.Cl.Cl.Cl.Cl.Cl.Cl.[Cl-].[Cl-].[Cl-].[K+].[K+].[K+]. The van der Waals surface area contributed by atoms with E-state index in [1.807, 2.05) is 0 Å². The number of rotatable bonds is 0. The van der Waals surface area contributed by atoms with Crippen LogP contribution in [-0.4, -0.2) is 0 Å². The van der Waals surface area contributed by atoms with Crippen LogP contribution in [0.25, 0.3) is 0 Å². The fraction of sp³-hybridized carbons (Fsp3) is 0. The molecule has 0 rings (SSSR count). The van der Waals surface area contributed by atoms with Crippen molar-refractivity contribution in [1.29, 1.82) is 0 Å². The molecule has 76 heavy (non-hydrogen) atoms. The van der Waals surface area contributed by atoms with Gasteiger partial charge in [-0.05, 0) is 0 Å². The maximum Gasteiger partial charge on any atom is 1.00 e. The summed E-state index contributed by atoms with van der Waals surface area (Å²) in [7, 11) is 0. The van der Waals surface area contributed by atoms with Crippen LogP contribution >= 0.6 is 868 Å². The van der Waals surface area contributed by atoms with E-state index in [4.69, 9.17) is 0 Å². The van der Waals surface area contributed by atoms with Crippen LogP contribution in [0.2, 0.25) is 0 Å². The summed E-state index contributed by atoms with van der Waals surface area (Å²) in [6, 6.07) is 0. The summed E-state index contributed by atoms with van der Waals surface area (Å²) < 4.78 is 0. The van der Waals surface area contributed by atoms with Crippen molar-refractivity contribution in [3.8, 4) is 0 Å². The average Bonchev–Trinajstić information content (AvgIpc) is 0. The molecule has 0 atom stereocenters. The van der Waals surface area contributed by atoms with Gasteiger partial charge in [0.1, 0.15) is 0 Å². The standard InChI is InChI=1S/73ClH.3K/h73*1H;;;/q;;;;;;;;;;;;;;;;;;;;;;;;;;;;;;;;;;;;;;;;;;;;;;;;;;;;;;;;;;;;;;;;;;;;;;;;;3*+1/p-3. The van der Waals surface area contributed by atoms with Crippen molar-refractivity contribution in [3.63, 3.8) is 0 Å². The summed E-state index contributed by atoms with van der Waals surface area (Å²) in [5.41, 5.74) is 0. The first kappa shape index (κ1) is 1530. The van der Waals surface area contributed by atoms with Gasteiger partial charge in [0.05, 0.1) is 0 Å². The largest absolute Gasteiger partial charge is 1.00 e. The number of halogens is 73. The van der Waals surface area contributed by atoms with Crippen LogP contribution in [0.3, 0.4) is 0 Å². The van der Waals surface area contributed by atoms with Gasteiger partial charge in [-0.25, -0.2) is 0 Å². The minimum Gasteiger partial charge on any atom is -1.00 e. The van der Waals surface area contributed by atoms with Crippen molar-refractivity contribution in [2.24, 2.45) is 0 Å². The van der Waals surface area contributed by atoms with Crippen LogP contribution in [0.1, 0.15) is 0 Å². The molecule has 0 fully saturated rings. The van der Waals surface area contributed by atoms with E-state index in [2.05, 4.69) is 0 Å². The van der Waals surface area contributed by atoms with Crippen LogP contribution in [0.15, 0.2) is 0 Å². The Kier molecular flexibility index (Phi) is 30000. The van der Waals surface area contributed by atoms with Gasteiger partial charge in [0.2, 0.25) is 0 Å². The molecule has 0 nitrogen and oxygen atoms in total. The molecule has 0 heterocycles. The Hall–Kier alpha value is 26.1. The molecule has 0 aliphatic rings. The molecule has 0 unspecified atom stereocenters. The van der Waals surface area contributed by atoms with Gasteiger partial charge in [-0.2, -0.15) is 0 Å². The normalized spacial score (nSPS) is 0. The van der Waals surface area contributed by atoms with E-state index in [0.29, 0.717) is 0 Å². The van der Waals surface area contributed by atoms with Crippen LogP contribution in [0, 0.1) is 0 Å². The topological polar surface area (TPSA) is 0 Å². The third kappa shape index (κ3) is 1440. The Labute approximate surface area is 1040 Å². The van der Waals surface area contributed by atoms with Gasteiger partial charge in [0.15, 0.2) is 0 Å². The Bertz CT molecular complexity index is 18.2. The molecule has 0 N–H and O–H groups in total. The van der Waals surface area contributed by atoms with E-state index in [1.54, 1.807) is 0 Å². The first-order valence-electron chi connectivity index (χ1n) is 0. The van der Waals surface area contributed by atoms with Crippen LogP contribution in [-0.2, 0) is 0 Å². The van der Waals surface area contributed by atoms with Crippen molar-refractivity contribution < 1.29 is 191 Å². The summed E-state index contributed by atoms with van der Waals surface area (Å²) >= 11 is 0. The molecule has 76 heteroatoms. The van der Waals surface area contributed by atoms with Crippen molar-refractivity contribution in [2.75, 3.05) is 0 Å². The van der Waals surface area contributed by atoms with E-state index >= 15 is 0 Å². The van der Waals surface area contributed by atoms with Crippen molar-refractivity contribution >= 4 is 868 Å². The predicted octanol–water partition coefficient (Wildman–Crippen LogP) is 11.5. The molecule has 0 aromatic rings. The van der Waals surface area contributed by atoms with Crippen LogP contribution < -0.4 is 191 Å². The molecule has 0 bridgehead atoms. The Morgan fingerprint density at radius 2 is 0.0395 bits per heavy atom. The fourth-order valence-electron chi connectivity index (χ4n) is 0. The molecule has 0 aliphatic heterocycles. The van der Waals surface area contributed by atoms with Crippen molar-refractivity contribution in [2.45, 2.75) is 0 Å². The van der Waals surface area contributed by atoms with Gasteiger partial charge in [0.25, 0.3) is 0 Å². The van der Waals surface area contributed by atoms with Gasteiger partial charge in [-0.3, -0.25) is 0 Å². The molecular weight excluding hydrogens is 2710 g/mol. The van der Waals surface area contributed by atoms with E-state index in [-0.39, 0.29) is 1060 Å². The third-order valence-electron chi connectivity index (χ3n) is 0. The second-order valence-corrected chi connectivity index (χ2v) is 0. The molecule has 0 aromatic heterocycles. The second-order valence-electron chi connectivity index (χ2n) is 0. The average molecular weight is 2780 g/mol. The molecule has 0 spiro atoms. The quantitative estimate of drug-likeness (QED) is 0.212. The molecule has 0 aliphatic carbocycles. The summed E-state index contributed by atoms with van der Waals surface area (Å²) in [6.45, 7) is 0. The van der Waals surface area contributed by atoms with Crippen molar-refractivity contribution in [1.82, 2.24) is 0 Å². The summed E-state index contributed by atoms with van der Waals surface area (Å²) in [5.74, 6) is 0. The van der Waals surface area contributed by atoms with Gasteiger partial charge >= 0.3 is 154 Å². The van der Waals surface area contributed by atoms with Gasteiger partial charge < -0.3 is 37.2 Å². The molecule has 0 amide bonds. The zero-order valence-electron chi connectivity index (χ0n) is 32.7. The Morgan fingerprint density at radius 1 is 0.0395 bits per heavy atom. The van der Waals surface area contributed by atoms with E-state index < -0.39 is 0 Å². The Balaban J connectivity index is 0. The summed E-state index contributed by atoms with van der Waals surface area (Å²) in [6.07, 6.45) is 0. The molecule has 0 saturated heterocycles. The molecule has 584 valence electrons. The van der Waals surface area contributed by atoms with Crippen LogP contribution in [0.4, 0.5) is 0 Å². The van der Waals surface area contributed by atoms with E-state index in [1.165, 1.54) is 0 Å². The summed E-state index contributed by atoms with van der Waals surface area (Å²) in [5, 5.41) is 0. The molecule has 0 radical (unpaired) electrons. The number of hydrogen-bond donors (Lipinski definition) is 0. The monoisotopic (exact) mass is 2740 g/mol. The van der Waals surface area contributed by atoms with Gasteiger partial charge in [0, 0.05) is 0 Å². The maximum absolute atomic E-state index is 0. The molecular formula is H70Cl73K3. The smallest absolute Gasteiger partial charge is 1.00 e. The van der Waals surface area contributed by atoms with Gasteiger partial charge in [-0.15, -0.1) is 868 Å². The van der Waals surface area contributed by atoms with Crippen molar-refractivity contribution in [3.05, 3.63) is 0 Å². The fourth-order valence-corrected chi connectivity index (χ4v) is 0. The van der Waals surface area contributed by atoms with E-state index in [9.17, 15) is 0 Å². The van der Waals surface area contributed by atoms with Gasteiger partial charge in [-0.1, -0.05) is 0 Å². The minimum absolute atomic E-state index is 0. The first-order valence-corrected chi connectivity index (χ1v) is 0. The number of hydrogen-bond acceptors (Lipinski definition) is 0. The van der Waals surface area contributed by atoms with E-state index in [0.717, 1.165) is 0 Å². The zero-order valence-corrected chi connectivity index (χ0v) is 102. The second kappa shape index (κ2) is 1490. The zero-order chi connectivity index (χ0) is 0. The Morgan fingerprint density at radius 3 is 0.0395 bits per heavy atom. The third-order valence-corrected chi connectivity index (χ3v) is 0. The minimum atomic E-state index is 0. The molecule has 0 aromatic carbocycles. The molecule has 0 saturated carbocycles. The van der Waals surface area contributed by atoms with Crippen LogP contribution in [0.5, 0.6) is 0 Å². The summed E-state index contributed by atoms with van der Waals surface area (Å²) in [4.78, 5) is 0. The predicted molar refractivity (Wildman–Crippen MR) is 507 cm³/mol. The first-order chi connectivity index (χ1) is 0.